The van der Waals surface area contributed by atoms with Gasteiger partial charge in [0.05, 0.1) is 0 Å². The third kappa shape index (κ3) is 2.24. The van der Waals surface area contributed by atoms with Crippen molar-refractivity contribution in [2.24, 2.45) is 5.92 Å². The predicted octanol–water partition coefficient (Wildman–Crippen LogP) is 4.11. The van der Waals surface area contributed by atoms with Gasteiger partial charge < -0.3 is 0 Å². The Bertz CT molecular complexity index is 100. The van der Waals surface area contributed by atoms with Gasteiger partial charge in [-0.05, 0) is 37.5 Å². The summed E-state index contributed by atoms with van der Waals surface area (Å²) < 4.78 is 0. The molecule has 2 aliphatic rings. The maximum Gasteiger partial charge on any atom is -0.0241 e. The second kappa shape index (κ2) is 4.30. The summed E-state index contributed by atoms with van der Waals surface area (Å²) >= 11 is 0. The lowest BCUT2D eigenvalue weighted by Crippen LogP contribution is -2.12. The van der Waals surface area contributed by atoms with E-state index < -0.39 is 0 Å². The van der Waals surface area contributed by atoms with Crippen molar-refractivity contribution in [3.8, 4) is 0 Å². The van der Waals surface area contributed by atoms with Gasteiger partial charge in [-0.1, -0.05) is 38.5 Å². The van der Waals surface area contributed by atoms with Gasteiger partial charge in [0, 0.05) is 0 Å². The van der Waals surface area contributed by atoms with E-state index >= 15 is 0 Å². The molecule has 2 rings (SSSR count). The van der Waals surface area contributed by atoms with Gasteiger partial charge in [0.2, 0.25) is 0 Å². The Hall–Kier alpha value is 0. The maximum absolute atomic E-state index is 1.90. The van der Waals surface area contributed by atoms with Gasteiger partial charge in [-0.25, -0.2) is 0 Å². The molecule has 0 atom stereocenters. The van der Waals surface area contributed by atoms with E-state index in [1.165, 1.54) is 64.2 Å². The van der Waals surface area contributed by atoms with E-state index in [0.29, 0.717) is 0 Å². The van der Waals surface area contributed by atoms with Crippen molar-refractivity contribution >= 4 is 0 Å². The zero-order valence-corrected chi connectivity index (χ0v) is 8.15. The molecule has 2 aliphatic carbocycles. The van der Waals surface area contributed by atoms with Gasteiger partial charge in [0.15, 0.2) is 0 Å². The predicted molar refractivity (Wildman–Crippen MR) is 52.9 cm³/mol. The zero-order valence-electron chi connectivity index (χ0n) is 8.15. The van der Waals surface area contributed by atoms with Gasteiger partial charge in [0.25, 0.3) is 0 Å². The second-order valence-corrected chi connectivity index (χ2v) is 4.65. The van der Waals surface area contributed by atoms with Crippen LogP contribution in [0.1, 0.15) is 64.2 Å². The van der Waals surface area contributed by atoms with Crippen LogP contribution in [0.5, 0.6) is 0 Å². The Morgan fingerprint density at radius 3 is 2.00 bits per heavy atom. The average molecular weight is 165 g/mol. The second-order valence-electron chi connectivity index (χ2n) is 4.65. The molecule has 0 nitrogen and oxygen atoms in total. The minimum Gasteiger partial charge on any atom is -0.0530 e. The first-order valence-electron chi connectivity index (χ1n) is 5.79. The van der Waals surface area contributed by atoms with Crippen molar-refractivity contribution in [2.45, 2.75) is 64.2 Å². The fourth-order valence-electron chi connectivity index (χ4n) is 2.83. The molecule has 0 saturated heterocycles. The van der Waals surface area contributed by atoms with Crippen LogP contribution >= 0.6 is 0 Å². The summed E-state index contributed by atoms with van der Waals surface area (Å²) in [6.07, 6.45) is 15.0. The first-order valence-corrected chi connectivity index (χ1v) is 5.79. The largest absolute Gasteiger partial charge is 0.0530 e. The molecule has 0 amide bonds. The summed E-state index contributed by atoms with van der Waals surface area (Å²) in [5.74, 6) is 3.00. The molecule has 12 heavy (non-hydrogen) atoms. The first-order chi connectivity index (χ1) is 5.95. The number of fused-ring (bicyclic) bond motifs is 3. The molecule has 0 spiro atoms. The van der Waals surface area contributed by atoms with Crippen molar-refractivity contribution in [1.29, 1.82) is 0 Å². The highest BCUT2D eigenvalue weighted by Crippen LogP contribution is 2.35. The summed E-state index contributed by atoms with van der Waals surface area (Å²) in [5.41, 5.74) is 0. The molecule has 2 bridgehead atoms. The molecule has 0 aromatic rings. The highest BCUT2D eigenvalue weighted by Gasteiger charge is 2.19. The lowest BCUT2D eigenvalue weighted by atomic mass is 9.78. The van der Waals surface area contributed by atoms with Crippen LogP contribution in [-0.2, 0) is 0 Å². The van der Waals surface area contributed by atoms with Crippen LogP contribution in [0.25, 0.3) is 0 Å². The lowest BCUT2D eigenvalue weighted by Gasteiger charge is -2.27. The molecule has 0 unspecified atom stereocenters. The Morgan fingerprint density at radius 1 is 0.667 bits per heavy atom. The fourth-order valence-corrected chi connectivity index (χ4v) is 2.83. The highest BCUT2D eigenvalue weighted by molar-refractivity contribution is 4.92. The van der Waals surface area contributed by atoms with E-state index in [9.17, 15) is 0 Å². The van der Waals surface area contributed by atoms with Gasteiger partial charge in [-0.2, -0.15) is 0 Å². The molecule has 2 fully saturated rings. The van der Waals surface area contributed by atoms with Gasteiger partial charge in [0.1, 0.15) is 0 Å². The maximum atomic E-state index is 1.90. The Morgan fingerprint density at radius 2 is 1.33 bits per heavy atom. The van der Waals surface area contributed by atoms with E-state index in [0.717, 1.165) is 5.92 Å². The molecule has 0 N–H and O–H groups in total. The first kappa shape index (κ1) is 8.59. The van der Waals surface area contributed by atoms with E-state index in [4.69, 9.17) is 0 Å². The van der Waals surface area contributed by atoms with E-state index in [2.05, 4.69) is 0 Å². The third-order valence-electron chi connectivity index (χ3n) is 3.69. The summed E-state index contributed by atoms with van der Waals surface area (Å²) in [6.45, 7) is 0. The monoisotopic (exact) mass is 165 g/mol. The lowest BCUT2D eigenvalue weighted by molar-refractivity contribution is 0.330. The van der Waals surface area contributed by atoms with Crippen LogP contribution in [-0.4, -0.2) is 0 Å². The average Bonchev–Trinajstić information content (AvgIpc) is 2.03. The Kier molecular flexibility index (Phi) is 3.08. The van der Waals surface area contributed by atoms with Crippen molar-refractivity contribution in [1.82, 2.24) is 0 Å². The normalized spacial score (nSPS) is 29.0. The Labute approximate surface area is 76.7 Å². The van der Waals surface area contributed by atoms with Crippen LogP contribution in [0.15, 0.2) is 0 Å². The quantitative estimate of drug-likeness (QED) is 0.507. The molecule has 0 aromatic carbocycles. The number of hydrogen-bond acceptors (Lipinski definition) is 0. The van der Waals surface area contributed by atoms with Crippen molar-refractivity contribution in [2.75, 3.05) is 0 Å². The highest BCUT2D eigenvalue weighted by atomic mass is 14.2. The van der Waals surface area contributed by atoms with Crippen molar-refractivity contribution < 1.29 is 0 Å². The SMILES string of the molecule is C1CCC2CCCC[C](C1)CC2. The summed E-state index contributed by atoms with van der Waals surface area (Å²) in [5, 5.41) is 0. The Balaban J connectivity index is 1.93. The van der Waals surface area contributed by atoms with Crippen molar-refractivity contribution in [3.05, 3.63) is 5.92 Å². The number of hydrogen-bond donors (Lipinski definition) is 0. The van der Waals surface area contributed by atoms with Gasteiger partial charge >= 0.3 is 0 Å². The topological polar surface area (TPSA) is 0 Å². The molecule has 0 heterocycles. The van der Waals surface area contributed by atoms with Crippen LogP contribution in [0.2, 0.25) is 0 Å². The molecule has 69 valence electrons. The van der Waals surface area contributed by atoms with Crippen LogP contribution in [0.3, 0.4) is 0 Å². The molecular formula is C12H21. The van der Waals surface area contributed by atoms with E-state index in [1.54, 1.807) is 0 Å². The van der Waals surface area contributed by atoms with Gasteiger partial charge in [-0.15, -0.1) is 0 Å². The molecule has 0 aromatic heterocycles. The minimum atomic E-state index is 1.10. The molecule has 0 heteroatoms. The van der Waals surface area contributed by atoms with E-state index in [-0.39, 0.29) is 0 Å². The van der Waals surface area contributed by atoms with Crippen LogP contribution < -0.4 is 0 Å². The molecule has 0 aliphatic heterocycles. The molecule has 2 saturated carbocycles. The van der Waals surface area contributed by atoms with Crippen LogP contribution in [0.4, 0.5) is 0 Å². The summed E-state index contributed by atoms with van der Waals surface area (Å²) in [6, 6.07) is 0. The molecular weight excluding hydrogens is 144 g/mol. The minimum absolute atomic E-state index is 1.10. The summed E-state index contributed by atoms with van der Waals surface area (Å²) in [4.78, 5) is 0. The standard InChI is InChI=1S/C12H21/c1-2-6-12-8-4-3-7-11(5-1)9-10-12/h11H,1-10H2. The zero-order chi connectivity index (χ0) is 8.23. The number of rotatable bonds is 0. The van der Waals surface area contributed by atoms with Gasteiger partial charge in [-0.3, -0.25) is 0 Å². The van der Waals surface area contributed by atoms with E-state index in [1.807, 2.05) is 5.92 Å². The smallest absolute Gasteiger partial charge is 0.0241 e. The fraction of sp³-hybridized carbons (Fsp3) is 0.917. The van der Waals surface area contributed by atoms with Crippen molar-refractivity contribution in [3.63, 3.8) is 0 Å². The van der Waals surface area contributed by atoms with Crippen LogP contribution in [0, 0.1) is 11.8 Å². The third-order valence-corrected chi connectivity index (χ3v) is 3.69. The summed E-state index contributed by atoms with van der Waals surface area (Å²) in [7, 11) is 0. The molecule has 1 radical (unpaired) electrons.